The molecule has 0 bridgehead atoms. The fraction of sp³-hybridized carbons (Fsp3) is 0.704. The first-order valence-electron chi connectivity index (χ1n) is 12.3. The highest BCUT2D eigenvalue weighted by molar-refractivity contribution is 5.34. The van der Waals surface area contributed by atoms with Gasteiger partial charge in [-0.05, 0) is 123 Å². The van der Waals surface area contributed by atoms with E-state index in [1.54, 1.807) is 11.1 Å². The Morgan fingerprint density at radius 2 is 1.66 bits per heavy atom. The van der Waals surface area contributed by atoms with Crippen LogP contribution in [0, 0.1) is 29.6 Å². The van der Waals surface area contributed by atoms with Crippen molar-refractivity contribution in [2.45, 2.75) is 90.4 Å². The molecule has 0 N–H and O–H groups in total. The van der Waals surface area contributed by atoms with Crippen molar-refractivity contribution in [1.29, 1.82) is 0 Å². The number of aryl methyl sites for hydroxylation is 2. The molecule has 0 nitrogen and oxygen atoms in total. The van der Waals surface area contributed by atoms with Crippen LogP contribution in [0.1, 0.15) is 87.8 Å². The summed E-state index contributed by atoms with van der Waals surface area (Å²) in [6.45, 7) is 2.27. The third-order valence-electron chi connectivity index (χ3n) is 8.33. The quantitative estimate of drug-likeness (QED) is 0.423. The zero-order valence-electron chi connectivity index (χ0n) is 18.1. The second-order valence-electron chi connectivity index (χ2n) is 10.2. The first kappa shape index (κ1) is 21.1. The first-order chi connectivity index (χ1) is 14.1. The van der Waals surface area contributed by atoms with Crippen LogP contribution in [0.2, 0.25) is 0 Å². The molecule has 29 heavy (non-hydrogen) atoms. The predicted octanol–water partition coefficient (Wildman–Crippen LogP) is 8.14. The third-order valence-corrected chi connectivity index (χ3v) is 8.33. The van der Waals surface area contributed by atoms with Gasteiger partial charge in [-0.15, -0.1) is 0 Å². The maximum absolute atomic E-state index is 12.6. The summed E-state index contributed by atoms with van der Waals surface area (Å²) < 4.78 is 25.3. The summed E-state index contributed by atoms with van der Waals surface area (Å²) in [6.07, 6.45) is 15.9. The van der Waals surface area contributed by atoms with E-state index in [1.807, 2.05) is 0 Å². The van der Waals surface area contributed by atoms with Gasteiger partial charge < -0.3 is 0 Å². The summed E-state index contributed by atoms with van der Waals surface area (Å²) >= 11 is 0. The molecule has 0 amide bonds. The summed E-state index contributed by atoms with van der Waals surface area (Å²) in [7, 11) is 0. The van der Waals surface area contributed by atoms with Crippen LogP contribution in [0.5, 0.6) is 0 Å². The molecule has 3 aliphatic carbocycles. The van der Waals surface area contributed by atoms with E-state index < -0.39 is 6.08 Å². The lowest BCUT2D eigenvalue weighted by Crippen LogP contribution is -2.34. The van der Waals surface area contributed by atoms with Crippen LogP contribution in [0.3, 0.4) is 0 Å². The first-order valence-corrected chi connectivity index (χ1v) is 12.3. The molecule has 3 aliphatic rings. The summed E-state index contributed by atoms with van der Waals surface area (Å²) in [6, 6.07) is 7.31. The Morgan fingerprint density at radius 3 is 2.45 bits per heavy atom. The average molecular weight is 401 g/mol. The van der Waals surface area contributed by atoms with Gasteiger partial charge in [-0.3, -0.25) is 0 Å². The molecule has 2 saturated carbocycles. The van der Waals surface area contributed by atoms with E-state index >= 15 is 0 Å². The molecule has 0 saturated heterocycles. The molecule has 160 valence electrons. The van der Waals surface area contributed by atoms with Gasteiger partial charge in [-0.2, -0.15) is 8.78 Å². The minimum atomic E-state index is -1.48. The maximum Gasteiger partial charge on any atom is 0.266 e. The van der Waals surface area contributed by atoms with Gasteiger partial charge in [0.15, 0.2) is 0 Å². The number of fused-ring (bicyclic) bond motifs is 2. The van der Waals surface area contributed by atoms with E-state index in [9.17, 15) is 8.78 Å². The van der Waals surface area contributed by atoms with Crippen LogP contribution in [0.25, 0.3) is 0 Å². The van der Waals surface area contributed by atoms with Crippen molar-refractivity contribution in [2.24, 2.45) is 29.6 Å². The van der Waals surface area contributed by atoms with Gasteiger partial charge in [-0.1, -0.05) is 38.0 Å². The van der Waals surface area contributed by atoms with E-state index in [4.69, 9.17) is 0 Å². The SMILES string of the molecule is CCCCCc1ccc2c(c1)CCC(C1CCC3CC(C=C(F)F)CCC3C1)C2. The Hall–Kier alpha value is -1.18. The van der Waals surface area contributed by atoms with Crippen molar-refractivity contribution >= 4 is 0 Å². The van der Waals surface area contributed by atoms with Crippen LogP contribution < -0.4 is 0 Å². The Kier molecular flexibility index (Phi) is 7.08. The number of rotatable bonds is 6. The minimum Gasteiger partial charge on any atom is -0.174 e. The Morgan fingerprint density at radius 1 is 0.897 bits per heavy atom. The lowest BCUT2D eigenvalue weighted by Gasteiger charge is -2.44. The molecule has 5 atom stereocenters. The number of halogens is 2. The highest BCUT2D eigenvalue weighted by atomic mass is 19.3. The van der Waals surface area contributed by atoms with Crippen LogP contribution in [0.15, 0.2) is 30.4 Å². The van der Waals surface area contributed by atoms with Gasteiger partial charge in [0.1, 0.15) is 0 Å². The monoisotopic (exact) mass is 400 g/mol. The van der Waals surface area contributed by atoms with Crippen molar-refractivity contribution in [2.75, 3.05) is 0 Å². The second kappa shape index (κ2) is 9.75. The highest BCUT2D eigenvalue weighted by Gasteiger charge is 2.38. The van der Waals surface area contributed by atoms with Crippen molar-refractivity contribution in [3.63, 3.8) is 0 Å². The zero-order valence-corrected chi connectivity index (χ0v) is 18.1. The fourth-order valence-corrected chi connectivity index (χ4v) is 6.69. The van der Waals surface area contributed by atoms with Gasteiger partial charge >= 0.3 is 0 Å². The molecule has 2 fully saturated rings. The molecule has 0 heterocycles. The van der Waals surface area contributed by atoms with Crippen LogP contribution in [-0.2, 0) is 19.3 Å². The summed E-state index contributed by atoms with van der Waals surface area (Å²) in [5.74, 6) is 3.32. The van der Waals surface area contributed by atoms with Gasteiger partial charge in [-0.25, -0.2) is 0 Å². The van der Waals surface area contributed by atoms with Gasteiger partial charge in [0, 0.05) is 0 Å². The minimum absolute atomic E-state index is 0.130. The highest BCUT2D eigenvalue weighted by Crippen LogP contribution is 2.48. The maximum atomic E-state index is 12.6. The lowest BCUT2D eigenvalue weighted by atomic mass is 9.61. The number of benzene rings is 1. The standard InChI is InChI=1S/C27H38F2/c1-2-3-4-5-19-6-8-23-17-25(12-10-21(23)14-19)26-13-11-22-15-20(16-27(28)29)7-9-24(22)18-26/h6,8,14,16,20,22,24-26H,2-5,7,9-13,15,17-18H2,1H3. The van der Waals surface area contributed by atoms with Crippen LogP contribution in [-0.4, -0.2) is 0 Å². The van der Waals surface area contributed by atoms with E-state index in [-0.39, 0.29) is 5.92 Å². The molecular formula is C27H38F2. The third kappa shape index (κ3) is 5.30. The Labute approximate surface area is 176 Å². The summed E-state index contributed by atoms with van der Waals surface area (Å²) in [4.78, 5) is 0. The number of allylic oxidation sites excluding steroid dienone is 1. The van der Waals surface area contributed by atoms with Gasteiger partial charge in [0.05, 0.1) is 0 Å². The van der Waals surface area contributed by atoms with E-state index in [2.05, 4.69) is 25.1 Å². The molecule has 0 spiro atoms. The Bertz CT molecular complexity index is 702. The summed E-state index contributed by atoms with van der Waals surface area (Å²) in [5.41, 5.74) is 4.76. The zero-order chi connectivity index (χ0) is 20.2. The molecule has 2 heteroatoms. The van der Waals surface area contributed by atoms with Gasteiger partial charge in [0.2, 0.25) is 0 Å². The van der Waals surface area contributed by atoms with E-state index in [0.717, 1.165) is 30.6 Å². The number of hydrogen-bond acceptors (Lipinski definition) is 0. The van der Waals surface area contributed by atoms with Crippen LogP contribution >= 0.6 is 0 Å². The smallest absolute Gasteiger partial charge is 0.174 e. The van der Waals surface area contributed by atoms with Crippen molar-refractivity contribution in [3.05, 3.63) is 47.0 Å². The second-order valence-corrected chi connectivity index (χ2v) is 10.2. The number of hydrogen-bond donors (Lipinski definition) is 0. The largest absolute Gasteiger partial charge is 0.266 e. The van der Waals surface area contributed by atoms with E-state index in [1.165, 1.54) is 82.3 Å². The van der Waals surface area contributed by atoms with Gasteiger partial charge in [0.25, 0.3) is 6.08 Å². The van der Waals surface area contributed by atoms with E-state index in [0.29, 0.717) is 5.92 Å². The predicted molar refractivity (Wildman–Crippen MR) is 117 cm³/mol. The van der Waals surface area contributed by atoms with Crippen molar-refractivity contribution in [1.82, 2.24) is 0 Å². The average Bonchev–Trinajstić information content (AvgIpc) is 2.73. The number of unbranched alkanes of at least 4 members (excludes halogenated alkanes) is 2. The molecule has 0 radical (unpaired) electrons. The topological polar surface area (TPSA) is 0 Å². The molecule has 1 aromatic carbocycles. The lowest BCUT2D eigenvalue weighted by molar-refractivity contribution is 0.0803. The summed E-state index contributed by atoms with van der Waals surface area (Å²) in [5, 5.41) is 0. The molecule has 0 aromatic heterocycles. The molecular weight excluding hydrogens is 362 g/mol. The van der Waals surface area contributed by atoms with Crippen molar-refractivity contribution in [3.8, 4) is 0 Å². The fourth-order valence-electron chi connectivity index (χ4n) is 6.69. The molecule has 4 rings (SSSR count). The van der Waals surface area contributed by atoms with Crippen molar-refractivity contribution < 1.29 is 8.78 Å². The molecule has 5 unspecified atom stereocenters. The Balaban J connectivity index is 1.32. The van der Waals surface area contributed by atoms with Crippen LogP contribution in [0.4, 0.5) is 8.78 Å². The molecule has 0 aliphatic heterocycles. The molecule has 1 aromatic rings. The normalized spacial score (nSPS) is 31.6.